The standard InChI is InChI=1S/C10H6OS4/c11-10-14-8-9(15-10)13-7(12-8)6-4-2-1-3-5-6/h1-5,7H. The van der Waals surface area contributed by atoms with E-state index in [9.17, 15) is 4.79 Å². The van der Waals surface area contributed by atoms with Crippen LogP contribution in [0.15, 0.2) is 43.5 Å². The lowest BCUT2D eigenvalue weighted by Gasteiger charge is -2.06. The molecule has 0 fully saturated rings. The molecule has 2 heterocycles. The van der Waals surface area contributed by atoms with Crippen LogP contribution < -0.4 is 4.06 Å². The third-order valence-electron chi connectivity index (χ3n) is 2.02. The highest BCUT2D eigenvalue weighted by atomic mass is 32.2. The number of hydrogen-bond acceptors (Lipinski definition) is 5. The molecule has 76 valence electrons. The molecule has 0 unspecified atom stereocenters. The normalized spacial score (nSPS) is 15.5. The molecule has 0 radical (unpaired) electrons. The maximum atomic E-state index is 11.2. The van der Waals surface area contributed by atoms with Gasteiger partial charge in [-0.15, -0.1) is 0 Å². The van der Waals surface area contributed by atoms with Gasteiger partial charge in [0.15, 0.2) is 0 Å². The second-order valence-corrected chi connectivity index (χ2v) is 8.28. The number of thioether (sulfide) groups is 2. The Morgan fingerprint density at radius 1 is 0.933 bits per heavy atom. The van der Waals surface area contributed by atoms with Gasteiger partial charge in [-0.25, -0.2) is 0 Å². The van der Waals surface area contributed by atoms with E-state index in [1.54, 1.807) is 23.5 Å². The van der Waals surface area contributed by atoms with Crippen LogP contribution >= 0.6 is 46.2 Å². The molecule has 0 saturated heterocycles. The summed E-state index contributed by atoms with van der Waals surface area (Å²) >= 11 is 6.36. The van der Waals surface area contributed by atoms with E-state index in [1.165, 1.54) is 36.7 Å². The van der Waals surface area contributed by atoms with E-state index in [2.05, 4.69) is 24.3 Å². The fourth-order valence-corrected chi connectivity index (χ4v) is 7.61. The molecule has 0 amide bonds. The van der Waals surface area contributed by atoms with Crippen LogP contribution in [0.3, 0.4) is 0 Å². The van der Waals surface area contributed by atoms with Gasteiger partial charge in [0.25, 0.3) is 4.06 Å². The topological polar surface area (TPSA) is 17.1 Å². The maximum Gasteiger partial charge on any atom is 0.289 e. The molecule has 1 aliphatic rings. The zero-order valence-electron chi connectivity index (χ0n) is 7.51. The summed E-state index contributed by atoms with van der Waals surface area (Å²) in [5, 5.41) is 0. The number of benzene rings is 1. The summed E-state index contributed by atoms with van der Waals surface area (Å²) in [4.78, 5) is 11.2. The van der Waals surface area contributed by atoms with Gasteiger partial charge >= 0.3 is 0 Å². The molecule has 1 aliphatic heterocycles. The lowest BCUT2D eigenvalue weighted by Crippen LogP contribution is -1.83. The summed E-state index contributed by atoms with van der Waals surface area (Å²) in [6.45, 7) is 0. The molecular formula is C10H6OS4. The monoisotopic (exact) mass is 270 g/mol. The van der Waals surface area contributed by atoms with E-state index in [0.717, 1.165) is 0 Å². The summed E-state index contributed by atoms with van der Waals surface area (Å²) in [5.74, 6) is 0. The van der Waals surface area contributed by atoms with Crippen LogP contribution in [0.25, 0.3) is 0 Å². The number of hydrogen-bond donors (Lipinski definition) is 0. The molecular weight excluding hydrogens is 264 g/mol. The Morgan fingerprint density at radius 2 is 1.53 bits per heavy atom. The van der Waals surface area contributed by atoms with Crippen LogP contribution in [-0.4, -0.2) is 0 Å². The minimum absolute atomic E-state index is 0.214. The minimum atomic E-state index is 0.214. The van der Waals surface area contributed by atoms with Crippen molar-refractivity contribution in [3.05, 3.63) is 44.7 Å². The Hall–Kier alpha value is -0.230. The van der Waals surface area contributed by atoms with Crippen molar-refractivity contribution in [3.63, 3.8) is 0 Å². The molecule has 1 nitrogen and oxygen atoms in total. The first kappa shape index (κ1) is 9.96. The van der Waals surface area contributed by atoms with Crippen molar-refractivity contribution in [1.82, 2.24) is 0 Å². The van der Waals surface area contributed by atoms with Crippen LogP contribution in [0.1, 0.15) is 10.1 Å². The van der Waals surface area contributed by atoms with Crippen LogP contribution in [0.2, 0.25) is 0 Å². The Kier molecular flexibility index (Phi) is 2.64. The van der Waals surface area contributed by atoms with Gasteiger partial charge < -0.3 is 0 Å². The van der Waals surface area contributed by atoms with Crippen molar-refractivity contribution in [2.24, 2.45) is 0 Å². The summed E-state index contributed by atoms with van der Waals surface area (Å²) < 4.78 is 3.04. The van der Waals surface area contributed by atoms with Gasteiger partial charge in [0.1, 0.15) is 0 Å². The molecule has 0 bridgehead atoms. The predicted molar refractivity (Wildman–Crippen MR) is 69.4 cm³/mol. The lowest BCUT2D eigenvalue weighted by molar-refractivity contribution is 1.39. The highest BCUT2D eigenvalue weighted by Gasteiger charge is 2.27. The number of rotatable bonds is 1. The molecule has 5 heteroatoms. The van der Waals surface area contributed by atoms with Crippen molar-refractivity contribution in [3.8, 4) is 0 Å². The Morgan fingerprint density at radius 3 is 2.13 bits per heavy atom. The van der Waals surface area contributed by atoms with Gasteiger partial charge in [0, 0.05) is 0 Å². The van der Waals surface area contributed by atoms with Crippen molar-refractivity contribution in [1.29, 1.82) is 0 Å². The smallest absolute Gasteiger partial charge is 0.265 e. The third-order valence-corrected chi connectivity index (χ3v) is 7.61. The Balaban J connectivity index is 1.91. The Bertz CT molecular complexity index is 501. The molecule has 1 aromatic carbocycles. The first-order valence-corrected chi connectivity index (χ1v) is 7.74. The molecule has 0 atom stereocenters. The van der Waals surface area contributed by atoms with Crippen LogP contribution in [-0.2, 0) is 0 Å². The average Bonchev–Trinajstić information content (AvgIpc) is 2.76. The molecule has 2 aromatic rings. The van der Waals surface area contributed by atoms with Crippen molar-refractivity contribution < 1.29 is 0 Å². The highest BCUT2D eigenvalue weighted by molar-refractivity contribution is 8.20. The van der Waals surface area contributed by atoms with Gasteiger partial charge in [-0.2, -0.15) is 0 Å². The number of fused-ring (bicyclic) bond motifs is 1. The first-order chi connectivity index (χ1) is 7.33. The van der Waals surface area contributed by atoms with E-state index in [1.807, 2.05) is 6.07 Å². The second-order valence-electron chi connectivity index (χ2n) is 3.01. The summed E-state index contributed by atoms with van der Waals surface area (Å²) in [5.41, 5.74) is 1.33. The van der Waals surface area contributed by atoms with Crippen molar-refractivity contribution >= 4 is 46.2 Å². The molecule has 3 rings (SSSR count). The largest absolute Gasteiger partial charge is 0.289 e. The van der Waals surface area contributed by atoms with Gasteiger partial charge in [-0.3, -0.25) is 4.79 Å². The predicted octanol–water partition coefficient (Wildman–Crippen LogP) is 4.07. The van der Waals surface area contributed by atoms with E-state index in [4.69, 9.17) is 0 Å². The summed E-state index contributed by atoms with van der Waals surface area (Å²) in [7, 11) is 0. The molecule has 1 aromatic heterocycles. The van der Waals surface area contributed by atoms with Crippen molar-refractivity contribution in [2.75, 3.05) is 0 Å². The van der Waals surface area contributed by atoms with Crippen LogP contribution in [0, 0.1) is 0 Å². The summed E-state index contributed by atoms with van der Waals surface area (Å²) in [6, 6.07) is 10.4. The molecule has 0 N–H and O–H groups in total. The molecule has 0 spiro atoms. The highest BCUT2D eigenvalue weighted by Crippen LogP contribution is 2.58. The fraction of sp³-hybridized carbons (Fsp3) is 0.100. The average molecular weight is 270 g/mol. The van der Waals surface area contributed by atoms with E-state index in [-0.39, 0.29) is 4.06 Å². The molecule has 0 saturated carbocycles. The first-order valence-electron chi connectivity index (χ1n) is 4.35. The van der Waals surface area contributed by atoms with Crippen LogP contribution in [0.4, 0.5) is 0 Å². The van der Waals surface area contributed by atoms with Gasteiger partial charge in [0.2, 0.25) is 0 Å². The minimum Gasteiger partial charge on any atom is -0.265 e. The zero-order chi connectivity index (χ0) is 10.3. The molecule has 15 heavy (non-hydrogen) atoms. The van der Waals surface area contributed by atoms with E-state index >= 15 is 0 Å². The van der Waals surface area contributed by atoms with Gasteiger partial charge in [-0.05, 0) is 5.56 Å². The SMILES string of the molecule is O=c1sc2c(s1)SC(c1ccccc1)S2. The van der Waals surface area contributed by atoms with Crippen LogP contribution in [0.5, 0.6) is 0 Å². The quantitative estimate of drug-likeness (QED) is 0.777. The van der Waals surface area contributed by atoms with Gasteiger partial charge in [0.05, 0.1) is 13.0 Å². The van der Waals surface area contributed by atoms with E-state index < -0.39 is 0 Å². The zero-order valence-corrected chi connectivity index (χ0v) is 10.8. The molecule has 0 aliphatic carbocycles. The van der Waals surface area contributed by atoms with Gasteiger partial charge in [-0.1, -0.05) is 76.5 Å². The third kappa shape index (κ3) is 1.89. The van der Waals surface area contributed by atoms with Crippen molar-refractivity contribution in [2.45, 2.75) is 13.0 Å². The van der Waals surface area contributed by atoms with E-state index in [0.29, 0.717) is 4.58 Å². The maximum absolute atomic E-state index is 11.2. The lowest BCUT2D eigenvalue weighted by atomic mass is 10.2. The summed E-state index contributed by atoms with van der Waals surface area (Å²) in [6.07, 6.45) is 0. The fourth-order valence-electron chi connectivity index (χ4n) is 1.36. The Labute approximate surface area is 104 Å². The second kappa shape index (κ2) is 3.97.